The smallest absolute Gasteiger partial charge is 0.191 e. The average Bonchev–Trinajstić information content (AvgIpc) is 3.43. The quantitative estimate of drug-likeness (QED) is 0.220. The van der Waals surface area contributed by atoms with Crippen LogP contribution in [0, 0.1) is 0 Å². The molecule has 2 N–H and O–H groups in total. The van der Waals surface area contributed by atoms with Crippen molar-refractivity contribution in [3.8, 4) is 11.5 Å². The van der Waals surface area contributed by atoms with Crippen molar-refractivity contribution in [3.63, 3.8) is 0 Å². The second kappa shape index (κ2) is 13.2. The van der Waals surface area contributed by atoms with Crippen molar-refractivity contribution in [1.82, 2.24) is 15.5 Å². The Morgan fingerprint density at radius 2 is 1.90 bits per heavy atom. The summed E-state index contributed by atoms with van der Waals surface area (Å²) in [4.78, 5) is 7.50. The third-order valence-electron chi connectivity index (χ3n) is 6.09. The molecule has 1 aliphatic heterocycles. The molecule has 0 spiro atoms. The zero-order valence-corrected chi connectivity index (χ0v) is 21.1. The lowest BCUT2D eigenvalue weighted by atomic mass is 10.1. The molecule has 30 heavy (non-hydrogen) atoms. The molecule has 0 radical (unpaired) electrons. The molecule has 170 valence electrons. The highest BCUT2D eigenvalue weighted by Gasteiger charge is 2.30. The molecule has 2 fully saturated rings. The molecule has 3 rings (SSSR count). The Balaban J connectivity index is 0.00000320. The maximum atomic E-state index is 5.40. The van der Waals surface area contributed by atoms with Gasteiger partial charge in [0, 0.05) is 38.3 Å². The molecule has 0 aromatic heterocycles. The van der Waals surface area contributed by atoms with Crippen molar-refractivity contribution >= 4 is 29.9 Å². The number of hydrogen-bond donors (Lipinski definition) is 2. The van der Waals surface area contributed by atoms with Gasteiger partial charge in [0.25, 0.3) is 0 Å². The minimum absolute atomic E-state index is 0. The van der Waals surface area contributed by atoms with Crippen LogP contribution in [-0.2, 0) is 6.42 Å². The Bertz CT molecular complexity index is 665. The molecule has 2 aliphatic rings. The third-order valence-corrected chi connectivity index (χ3v) is 6.09. The third kappa shape index (κ3) is 7.18. The fourth-order valence-corrected chi connectivity index (χ4v) is 4.53. The van der Waals surface area contributed by atoms with Crippen LogP contribution >= 0.6 is 24.0 Å². The Kier molecular flexibility index (Phi) is 11.1. The number of nitrogens with zero attached hydrogens (tertiary/aromatic N) is 2. The van der Waals surface area contributed by atoms with E-state index in [4.69, 9.17) is 14.5 Å². The number of aliphatic imine (C=N–C) groups is 1. The predicted molar refractivity (Wildman–Crippen MR) is 135 cm³/mol. The highest BCUT2D eigenvalue weighted by atomic mass is 127. The van der Waals surface area contributed by atoms with E-state index >= 15 is 0 Å². The standard InChI is InChI=1S/C23H38N4O2.HI/c1-4-24-23(26-19-13-15-27(17-19)20-9-5-6-10-20)25-14-7-8-18-11-12-21(28-2)22(16-18)29-3;/h11-12,16,19-20H,4-10,13-15,17H2,1-3H3,(H2,24,25,26);1H. The summed E-state index contributed by atoms with van der Waals surface area (Å²) >= 11 is 0. The zero-order chi connectivity index (χ0) is 20.5. The van der Waals surface area contributed by atoms with Crippen molar-refractivity contribution < 1.29 is 9.47 Å². The second-order valence-corrected chi connectivity index (χ2v) is 8.12. The molecule has 1 aromatic rings. The van der Waals surface area contributed by atoms with Gasteiger partial charge in [0.05, 0.1) is 14.2 Å². The monoisotopic (exact) mass is 530 g/mol. The number of rotatable bonds is 9. The van der Waals surface area contributed by atoms with Gasteiger partial charge in [-0.05, 0) is 56.7 Å². The minimum atomic E-state index is 0. The van der Waals surface area contributed by atoms with Gasteiger partial charge in [-0.3, -0.25) is 9.89 Å². The van der Waals surface area contributed by atoms with E-state index in [0.29, 0.717) is 6.04 Å². The maximum absolute atomic E-state index is 5.40. The van der Waals surface area contributed by atoms with Gasteiger partial charge in [-0.2, -0.15) is 0 Å². The van der Waals surface area contributed by atoms with Crippen LogP contribution in [0.25, 0.3) is 0 Å². The molecule has 0 amide bonds. The lowest BCUT2D eigenvalue weighted by molar-refractivity contribution is 0.242. The molecule has 1 aromatic carbocycles. The van der Waals surface area contributed by atoms with Gasteiger partial charge in [0.2, 0.25) is 0 Å². The normalized spacial score (nSPS) is 20.1. The molecule has 1 heterocycles. The number of methoxy groups -OCH3 is 2. The topological polar surface area (TPSA) is 58.1 Å². The SMILES string of the molecule is CCNC(=NCCCc1ccc(OC)c(OC)c1)NC1CCN(C2CCCC2)C1.I. The lowest BCUT2D eigenvalue weighted by Crippen LogP contribution is -2.45. The molecule has 7 heteroatoms. The van der Waals surface area contributed by atoms with Crippen LogP contribution in [-0.4, -0.2) is 63.3 Å². The van der Waals surface area contributed by atoms with Crippen molar-refractivity contribution in [3.05, 3.63) is 23.8 Å². The van der Waals surface area contributed by atoms with Crippen LogP contribution in [0.2, 0.25) is 0 Å². The van der Waals surface area contributed by atoms with Crippen molar-refractivity contribution in [2.24, 2.45) is 4.99 Å². The largest absolute Gasteiger partial charge is 0.493 e. The Labute approximate surface area is 199 Å². The highest BCUT2D eigenvalue weighted by molar-refractivity contribution is 14.0. The summed E-state index contributed by atoms with van der Waals surface area (Å²) in [5.74, 6) is 2.52. The maximum Gasteiger partial charge on any atom is 0.191 e. The molecule has 0 bridgehead atoms. The van der Waals surface area contributed by atoms with E-state index in [1.807, 2.05) is 6.07 Å². The van der Waals surface area contributed by atoms with Gasteiger partial charge in [-0.15, -0.1) is 24.0 Å². The molecular formula is C23H39IN4O2. The van der Waals surface area contributed by atoms with Crippen molar-refractivity contribution in [2.75, 3.05) is 40.4 Å². The summed E-state index contributed by atoms with van der Waals surface area (Å²) in [6.07, 6.45) is 8.78. The van der Waals surface area contributed by atoms with E-state index in [1.54, 1.807) is 14.2 Å². The number of nitrogens with one attached hydrogen (secondary N) is 2. The summed E-state index contributed by atoms with van der Waals surface area (Å²) in [7, 11) is 3.34. The molecule has 1 saturated carbocycles. The van der Waals surface area contributed by atoms with Crippen LogP contribution in [0.4, 0.5) is 0 Å². The van der Waals surface area contributed by atoms with Gasteiger partial charge < -0.3 is 20.1 Å². The Hall–Kier alpha value is -1.22. The molecule has 6 nitrogen and oxygen atoms in total. The fourth-order valence-electron chi connectivity index (χ4n) is 4.53. The predicted octanol–water partition coefficient (Wildman–Crippen LogP) is 3.83. The molecule has 1 atom stereocenters. The lowest BCUT2D eigenvalue weighted by Gasteiger charge is -2.24. The van der Waals surface area contributed by atoms with E-state index in [1.165, 1.54) is 44.2 Å². The summed E-state index contributed by atoms with van der Waals surface area (Å²) < 4.78 is 10.7. The van der Waals surface area contributed by atoms with Crippen LogP contribution in [0.1, 0.15) is 51.0 Å². The van der Waals surface area contributed by atoms with E-state index in [-0.39, 0.29) is 24.0 Å². The highest BCUT2D eigenvalue weighted by Crippen LogP contribution is 2.28. The number of hydrogen-bond acceptors (Lipinski definition) is 4. The van der Waals surface area contributed by atoms with Gasteiger partial charge in [0.1, 0.15) is 0 Å². The van der Waals surface area contributed by atoms with Gasteiger partial charge in [0.15, 0.2) is 17.5 Å². The van der Waals surface area contributed by atoms with Gasteiger partial charge >= 0.3 is 0 Å². The van der Waals surface area contributed by atoms with Crippen LogP contribution < -0.4 is 20.1 Å². The molecule has 1 unspecified atom stereocenters. The van der Waals surface area contributed by atoms with E-state index in [9.17, 15) is 0 Å². The molecule has 1 saturated heterocycles. The number of guanidine groups is 1. The van der Waals surface area contributed by atoms with Crippen LogP contribution in [0.15, 0.2) is 23.2 Å². The summed E-state index contributed by atoms with van der Waals surface area (Å²) in [5, 5.41) is 7.07. The number of likely N-dealkylation sites (tertiary alicyclic amines) is 1. The minimum Gasteiger partial charge on any atom is -0.493 e. The fraction of sp³-hybridized carbons (Fsp3) is 0.696. The number of aryl methyl sites for hydroxylation is 1. The van der Waals surface area contributed by atoms with Gasteiger partial charge in [-0.1, -0.05) is 18.9 Å². The number of ether oxygens (including phenoxy) is 2. The first kappa shape index (κ1) is 25.0. The first-order valence-corrected chi connectivity index (χ1v) is 11.2. The number of benzene rings is 1. The number of halogens is 1. The van der Waals surface area contributed by atoms with E-state index < -0.39 is 0 Å². The summed E-state index contributed by atoms with van der Waals surface area (Å²) in [6.45, 7) is 6.20. The molecule has 1 aliphatic carbocycles. The van der Waals surface area contributed by atoms with E-state index in [0.717, 1.165) is 56.0 Å². The summed E-state index contributed by atoms with van der Waals surface area (Å²) in [6, 6.07) is 7.47. The van der Waals surface area contributed by atoms with Crippen LogP contribution in [0.3, 0.4) is 0 Å². The first-order chi connectivity index (χ1) is 14.2. The van der Waals surface area contributed by atoms with Crippen molar-refractivity contribution in [2.45, 2.75) is 64.0 Å². The van der Waals surface area contributed by atoms with E-state index in [2.05, 4.69) is 34.6 Å². The summed E-state index contributed by atoms with van der Waals surface area (Å²) in [5.41, 5.74) is 1.25. The average molecular weight is 530 g/mol. The van der Waals surface area contributed by atoms with Gasteiger partial charge in [-0.25, -0.2) is 0 Å². The Morgan fingerprint density at radius 1 is 1.13 bits per heavy atom. The van der Waals surface area contributed by atoms with Crippen LogP contribution in [0.5, 0.6) is 11.5 Å². The Morgan fingerprint density at radius 3 is 2.60 bits per heavy atom. The first-order valence-electron chi connectivity index (χ1n) is 11.2. The zero-order valence-electron chi connectivity index (χ0n) is 18.8. The molecular weight excluding hydrogens is 491 g/mol. The second-order valence-electron chi connectivity index (χ2n) is 8.12. The van der Waals surface area contributed by atoms with Crippen molar-refractivity contribution in [1.29, 1.82) is 0 Å².